The van der Waals surface area contributed by atoms with Crippen LogP contribution in [0, 0.1) is 5.92 Å². The Labute approximate surface area is 152 Å². The highest BCUT2D eigenvalue weighted by Crippen LogP contribution is 2.25. The van der Waals surface area contributed by atoms with Crippen LogP contribution in [0.1, 0.15) is 23.7 Å². The zero-order valence-corrected chi connectivity index (χ0v) is 14.7. The van der Waals surface area contributed by atoms with E-state index in [0.717, 1.165) is 30.5 Å². The summed E-state index contributed by atoms with van der Waals surface area (Å²) in [6.07, 6.45) is 7.98. The van der Waals surface area contributed by atoms with Crippen LogP contribution in [0.5, 0.6) is 0 Å². The first-order chi connectivity index (χ1) is 12.7. The predicted octanol–water partition coefficient (Wildman–Crippen LogP) is 3.37. The standard InChI is InChI=1S/C20H21N5O/c1-15-8-10-24(13-15)18-5-3-17(4-6-18)23-20(26)16-2-7-19(22-12-16)25-11-9-21-14-25/h2-7,9,11-12,14-15H,8,10,13H2,1H3,(H,23,26). The van der Waals surface area contributed by atoms with Gasteiger partial charge in [-0.15, -0.1) is 0 Å². The van der Waals surface area contributed by atoms with Crippen LogP contribution in [-0.2, 0) is 0 Å². The van der Waals surface area contributed by atoms with Crippen LogP contribution in [0.15, 0.2) is 61.3 Å². The van der Waals surface area contributed by atoms with E-state index >= 15 is 0 Å². The molecule has 6 heteroatoms. The molecule has 0 aliphatic carbocycles. The molecule has 1 amide bonds. The maximum atomic E-state index is 12.4. The third-order valence-electron chi connectivity index (χ3n) is 4.69. The summed E-state index contributed by atoms with van der Waals surface area (Å²) in [6.45, 7) is 4.48. The average Bonchev–Trinajstić information content (AvgIpc) is 3.34. The van der Waals surface area contributed by atoms with E-state index in [9.17, 15) is 4.79 Å². The molecule has 1 fully saturated rings. The summed E-state index contributed by atoms with van der Waals surface area (Å²) in [5, 5.41) is 2.92. The van der Waals surface area contributed by atoms with Crippen molar-refractivity contribution in [1.82, 2.24) is 14.5 Å². The van der Waals surface area contributed by atoms with Crippen molar-refractivity contribution in [1.29, 1.82) is 0 Å². The Bertz CT molecular complexity index is 872. The van der Waals surface area contributed by atoms with Gasteiger partial charge in [-0.1, -0.05) is 6.92 Å². The van der Waals surface area contributed by atoms with Gasteiger partial charge in [0.1, 0.15) is 12.1 Å². The minimum absolute atomic E-state index is 0.169. The van der Waals surface area contributed by atoms with Crippen molar-refractivity contribution in [2.24, 2.45) is 5.92 Å². The van der Waals surface area contributed by atoms with Gasteiger partial charge in [-0.25, -0.2) is 9.97 Å². The summed E-state index contributed by atoms with van der Waals surface area (Å²) in [7, 11) is 0. The molecule has 1 atom stereocenters. The van der Waals surface area contributed by atoms with Crippen LogP contribution in [0.2, 0.25) is 0 Å². The fourth-order valence-electron chi connectivity index (χ4n) is 3.20. The molecule has 1 N–H and O–H groups in total. The molecule has 1 saturated heterocycles. The number of nitrogens with one attached hydrogen (secondary N) is 1. The number of aromatic nitrogens is 3. The molecule has 0 spiro atoms. The maximum absolute atomic E-state index is 12.4. The van der Waals surface area contributed by atoms with E-state index in [-0.39, 0.29) is 5.91 Å². The Morgan fingerprint density at radius 1 is 1.19 bits per heavy atom. The number of imidazole rings is 1. The molecule has 1 unspecified atom stereocenters. The van der Waals surface area contributed by atoms with E-state index in [4.69, 9.17) is 0 Å². The second-order valence-corrected chi connectivity index (χ2v) is 6.72. The molecular weight excluding hydrogens is 326 g/mol. The Morgan fingerprint density at radius 2 is 2.04 bits per heavy atom. The molecule has 0 saturated carbocycles. The van der Waals surface area contributed by atoms with E-state index in [0.29, 0.717) is 5.56 Å². The van der Waals surface area contributed by atoms with Gasteiger partial charge in [0.2, 0.25) is 0 Å². The highest BCUT2D eigenvalue weighted by atomic mass is 16.1. The number of hydrogen-bond donors (Lipinski definition) is 1. The summed E-state index contributed by atoms with van der Waals surface area (Å²) >= 11 is 0. The summed E-state index contributed by atoms with van der Waals surface area (Å²) < 4.78 is 1.79. The lowest BCUT2D eigenvalue weighted by Gasteiger charge is -2.18. The summed E-state index contributed by atoms with van der Waals surface area (Å²) in [5.74, 6) is 1.30. The summed E-state index contributed by atoms with van der Waals surface area (Å²) in [5.41, 5.74) is 2.51. The minimum atomic E-state index is -0.169. The molecule has 3 aromatic rings. The van der Waals surface area contributed by atoms with E-state index in [2.05, 4.69) is 39.2 Å². The normalized spacial score (nSPS) is 16.7. The zero-order chi connectivity index (χ0) is 17.9. The van der Waals surface area contributed by atoms with Crippen LogP contribution in [0.3, 0.4) is 0 Å². The Hall–Kier alpha value is -3.15. The molecule has 4 rings (SSSR count). The lowest BCUT2D eigenvalue weighted by Crippen LogP contribution is -2.19. The summed E-state index contributed by atoms with van der Waals surface area (Å²) in [6, 6.07) is 11.6. The van der Waals surface area contributed by atoms with Gasteiger partial charge in [0, 0.05) is 43.1 Å². The van der Waals surface area contributed by atoms with Gasteiger partial charge in [-0.2, -0.15) is 0 Å². The van der Waals surface area contributed by atoms with Gasteiger partial charge < -0.3 is 10.2 Å². The number of rotatable bonds is 4. The topological polar surface area (TPSA) is 63.1 Å². The first-order valence-corrected chi connectivity index (χ1v) is 8.80. The number of amides is 1. The number of hydrogen-bond acceptors (Lipinski definition) is 4. The Morgan fingerprint density at radius 3 is 2.65 bits per heavy atom. The van der Waals surface area contributed by atoms with Gasteiger partial charge in [0.05, 0.1) is 5.56 Å². The predicted molar refractivity (Wildman–Crippen MR) is 102 cm³/mol. The van der Waals surface area contributed by atoms with E-state index in [1.54, 1.807) is 35.4 Å². The van der Waals surface area contributed by atoms with Gasteiger partial charge in [0.25, 0.3) is 5.91 Å². The molecule has 0 radical (unpaired) electrons. The van der Waals surface area contributed by atoms with Crippen LogP contribution in [0.4, 0.5) is 11.4 Å². The quantitative estimate of drug-likeness (QED) is 0.786. The number of carbonyl (C=O) groups is 1. The zero-order valence-electron chi connectivity index (χ0n) is 14.7. The molecule has 26 heavy (non-hydrogen) atoms. The van der Waals surface area contributed by atoms with Crippen LogP contribution in [-0.4, -0.2) is 33.5 Å². The maximum Gasteiger partial charge on any atom is 0.257 e. The van der Waals surface area contributed by atoms with Crippen molar-refractivity contribution in [2.45, 2.75) is 13.3 Å². The van der Waals surface area contributed by atoms with Crippen LogP contribution < -0.4 is 10.2 Å². The fraction of sp³-hybridized carbons (Fsp3) is 0.250. The molecule has 1 aliphatic heterocycles. The summed E-state index contributed by atoms with van der Waals surface area (Å²) in [4.78, 5) is 23.1. The first-order valence-electron chi connectivity index (χ1n) is 8.80. The highest BCUT2D eigenvalue weighted by molar-refractivity contribution is 6.04. The Kier molecular flexibility index (Phi) is 4.39. The fourth-order valence-corrected chi connectivity index (χ4v) is 3.20. The second-order valence-electron chi connectivity index (χ2n) is 6.72. The molecular formula is C20H21N5O. The molecule has 132 valence electrons. The van der Waals surface area contributed by atoms with Crippen molar-refractivity contribution in [3.8, 4) is 5.82 Å². The largest absolute Gasteiger partial charge is 0.371 e. The highest BCUT2D eigenvalue weighted by Gasteiger charge is 2.18. The monoisotopic (exact) mass is 347 g/mol. The number of pyridine rings is 1. The average molecular weight is 347 g/mol. The number of carbonyl (C=O) groups excluding carboxylic acids is 1. The molecule has 2 aromatic heterocycles. The number of nitrogens with zero attached hydrogens (tertiary/aromatic N) is 4. The molecule has 6 nitrogen and oxygen atoms in total. The molecule has 3 heterocycles. The van der Waals surface area contributed by atoms with Crippen molar-refractivity contribution in [2.75, 3.05) is 23.3 Å². The van der Waals surface area contributed by atoms with E-state index in [1.807, 2.05) is 18.3 Å². The van der Waals surface area contributed by atoms with Crippen molar-refractivity contribution < 1.29 is 4.79 Å². The Balaban J connectivity index is 1.41. The molecule has 1 aliphatic rings. The third kappa shape index (κ3) is 3.44. The minimum Gasteiger partial charge on any atom is -0.371 e. The van der Waals surface area contributed by atoms with Gasteiger partial charge >= 0.3 is 0 Å². The smallest absolute Gasteiger partial charge is 0.257 e. The van der Waals surface area contributed by atoms with Crippen molar-refractivity contribution >= 4 is 17.3 Å². The van der Waals surface area contributed by atoms with Gasteiger partial charge in [-0.05, 0) is 48.7 Å². The molecule has 0 bridgehead atoms. The van der Waals surface area contributed by atoms with E-state index in [1.165, 1.54) is 12.1 Å². The van der Waals surface area contributed by atoms with Crippen molar-refractivity contribution in [3.63, 3.8) is 0 Å². The van der Waals surface area contributed by atoms with Crippen molar-refractivity contribution in [3.05, 3.63) is 66.9 Å². The third-order valence-corrected chi connectivity index (χ3v) is 4.69. The second kappa shape index (κ2) is 7.00. The number of anilines is 2. The van der Waals surface area contributed by atoms with E-state index < -0.39 is 0 Å². The SMILES string of the molecule is CC1CCN(c2ccc(NC(=O)c3ccc(-n4ccnc4)nc3)cc2)C1. The number of benzene rings is 1. The van der Waals surface area contributed by atoms with Crippen LogP contribution in [0.25, 0.3) is 5.82 Å². The van der Waals surface area contributed by atoms with Crippen LogP contribution >= 0.6 is 0 Å². The lowest BCUT2D eigenvalue weighted by molar-refractivity contribution is 0.102. The van der Waals surface area contributed by atoms with Gasteiger partial charge in [0.15, 0.2) is 0 Å². The molecule has 1 aromatic carbocycles. The van der Waals surface area contributed by atoms with Gasteiger partial charge in [-0.3, -0.25) is 9.36 Å². The lowest BCUT2D eigenvalue weighted by atomic mass is 10.2. The first kappa shape index (κ1) is 16.3.